The van der Waals surface area contributed by atoms with E-state index < -0.39 is 0 Å². The van der Waals surface area contributed by atoms with Crippen LogP contribution in [-0.4, -0.2) is 37.9 Å². The molecule has 3 atom stereocenters. The largest absolute Gasteiger partial charge is 0.469 e. The molecule has 16 heavy (non-hydrogen) atoms. The number of fused-ring (bicyclic) bond motifs is 1. The molecule has 1 aliphatic heterocycles. The molecule has 0 aromatic heterocycles. The second-order valence-corrected chi connectivity index (χ2v) is 4.73. The van der Waals surface area contributed by atoms with Crippen LogP contribution in [-0.2, 0) is 14.3 Å². The van der Waals surface area contributed by atoms with Crippen molar-refractivity contribution in [1.29, 1.82) is 0 Å². The van der Waals surface area contributed by atoms with Crippen LogP contribution in [0.4, 0.5) is 0 Å². The van der Waals surface area contributed by atoms with Crippen LogP contribution in [0.3, 0.4) is 0 Å². The first-order valence-electron chi connectivity index (χ1n) is 6.25. The van der Waals surface area contributed by atoms with Crippen LogP contribution >= 0.6 is 0 Å². The van der Waals surface area contributed by atoms with E-state index in [1.165, 1.54) is 32.8 Å². The van der Waals surface area contributed by atoms with Crippen LogP contribution in [0.15, 0.2) is 0 Å². The van der Waals surface area contributed by atoms with Gasteiger partial charge in [0.2, 0.25) is 0 Å². The minimum Gasteiger partial charge on any atom is -0.469 e. The topological polar surface area (TPSA) is 47.6 Å². The highest BCUT2D eigenvalue weighted by Crippen LogP contribution is 2.25. The molecule has 4 nitrogen and oxygen atoms in total. The normalized spacial score (nSPS) is 34.9. The number of methoxy groups -OCH3 is 1. The Bertz CT molecular complexity index is 244. The Kier molecular flexibility index (Phi) is 4.18. The van der Waals surface area contributed by atoms with Crippen LogP contribution in [0, 0.1) is 0 Å². The van der Waals surface area contributed by atoms with Gasteiger partial charge >= 0.3 is 5.97 Å². The number of nitrogens with one attached hydrogen (secondary N) is 1. The molecule has 1 saturated carbocycles. The molecule has 0 amide bonds. The quantitative estimate of drug-likeness (QED) is 0.721. The van der Waals surface area contributed by atoms with Crippen LogP contribution in [0.25, 0.3) is 0 Å². The summed E-state index contributed by atoms with van der Waals surface area (Å²) >= 11 is 0. The van der Waals surface area contributed by atoms with E-state index in [2.05, 4.69) is 10.1 Å². The number of esters is 1. The number of hydrogen-bond acceptors (Lipinski definition) is 4. The predicted molar refractivity (Wildman–Crippen MR) is 60.2 cm³/mol. The summed E-state index contributed by atoms with van der Waals surface area (Å²) in [4.78, 5) is 11.2. The predicted octanol–water partition coefficient (Wildman–Crippen LogP) is 1.24. The molecule has 0 aromatic rings. The maximum Gasteiger partial charge on any atom is 0.308 e. The average Bonchev–Trinajstić information content (AvgIpc) is 2.53. The summed E-state index contributed by atoms with van der Waals surface area (Å²) in [6.07, 6.45) is 6.82. The van der Waals surface area contributed by atoms with Crippen LogP contribution in [0.1, 0.15) is 38.5 Å². The Hall–Kier alpha value is -0.610. The lowest BCUT2D eigenvalue weighted by molar-refractivity contribution is -0.147. The van der Waals surface area contributed by atoms with Crippen molar-refractivity contribution in [3.05, 3.63) is 0 Å². The number of carbonyl (C=O) groups excluding carboxylic acids is 1. The molecule has 0 radical (unpaired) electrons. The minimum atomic E-state index is -0.182. The van der Waals surface area contributed by atoms with Crippen molar-refractivity contribution >= 4 is 5.97 Å². The van der Waals surface area contributed by atoms with E-state index in [0.717, 1.165) is 13.0 Å². The van der Waals surface area contributed by atoms with Gasteiger partial charge in [0.25, 0.3) is 0 Å². The van der Waals surface area contributed by atoms with Gasteiger partial charge in [0.1, 0.15) is 0 Å². The molecule has 2 rings (SSSR count). The van der Waals surface area contributed by atoms with E-state index in [0.29, 0.717) is 18.6 Å². The van der Waals surface area contributed by atoms with Gasteiger partial charge in [0.15, 0.2) is 0 Å². The Balaban J connectivity index is 1.85. The minimum absolute atomic E-state index is 0.00759. The monoisotopic (exact) mass is 227 g/mol. The molecule has 4 heteroatoms. The zero-order valence-electron chi connectivity index (χ0n) is 9.91. The second-order valence-electron chi connectivity index (χ2n) is 4.73. The van der Waals surface area contributed by atoms with Crippen molar-refractivity contribution in [1.82, 2.24) is 5.32 Å². The highest BCUT2D eigenvalue weighted by atomic mass is 16.5. The molecule has 0 spiro atoms. The van der Waals surface area contributed by atoms with Crippen molar-refractivity contribution < 1.29 is 14.3 Å². The fourth-order valence-corrected chi connectivity index (χ4v) is 2.64. The van der Waals surface area contributed by atoms with Crippen molar-refractivity contribution in [2.24, 2.45) is 0 Å². The summed E-state index contributed by atoms with van der Waals surface area (Å²) in [5, 5.41) is 3.51. The van der Waals surface area contributed by atoms with Gasteiger partial charge in [-0.05, 0) is 12.8 Å². The van der Waals surface area contributed by atoms with Crippen LogP contribution < -0.4 is 5.32 Å². The smallest absolute Gasteiger partial charge is 0.308 e. The summed E-state index contributed by atoms with van der Waals surface area (Å²) in [6, 6.07) is 0.497. The summed E-state index contributed by atoms with van der Waals surface area (Å²) in [5.74, 6) is -0.182. The third-order valence-corrected chi connectivity index (χ3v) is 3.55. The molecular formula is C12H21NO3. The summed E-state index contributed by atoms with van der Waals surface area (Å²) in [7, 11) is 1.42. The second kappa shape index (κ2) is 5.64. The molecule has 2 aliphatic rings. The number of morpholine rings is 1. The third-order valence-electron chi connectivity index (χ3n) is 3.55. The van der Waals surface area contributed by atoms with Gasteiger partial charge < -0.3 is 14.8 Å². The number of rotatable bonds is 2. The fraction of sp³-hybridized carbons (Fsp3) is 0.917. The third kappa shape index (κ3) is 2.95. The van der Waals surface area contributed by atoms with E-state index >= 15 is 0 Å². The molecular weight excluding hydrogens is 206 g/mol. The van der Waals surface area contributed by atoms with Gasteiger partial charge in [-0.1, -0.05) is 19.3 Å². The molecule has 0 aromatic carbocycles. The first-order chi connectivity index (χ1) is 7.79. The lowest BCUT2D eigenvalue weighted by Gasteiger charge is -2.36. The summed E-state index contributed by atoms with van der Waals surface area (Å²) in [5.41, 5.74) is 0. The van der Waals surface area contributed by atoms with E-state index in [1.807, 2.05) is 0 Å². The van der Waals surface area contributed by atoms with Crippen LogP contribution in [0.2, 0.25) is 0 Å². The fourth-order valence-electron chi connectivity index (χ4n) is 2.64. The maximum absolute atomic E-state index is 11.2. The molecule has 3 unspecified atom stereocenters. The van der Waals surface area contributed by atoms with E-state index in [1.54, 1.807) is 0 Å². The number of hydrogen-bond donors (Lipinski definition) is 1. The lowest BCUT2D eigenvalue weighted by atomic mass is 10.0. The molecule has 1 N–H and O–H groups in total. The standard InChI is InChI=1S/C12H21NO3/c1-15-12(14)7-9-8-13-10-5-3-2-4-6-11(10)16-9/h9-11,13H,2-8H2,1H3. The number of ether oxygens (including phenoxy) is 2. The van der Waals surface area contributed by atoms with Gasteiger partial charge in [0.05, 0.1) is 25.7 Å². The Morgan fingerprint density at radius 3 is 3.00 bits per heavy atom. The van der Waals surface area contributed by atoms with E-state index in [-0.39, 0.29) is 12.1 Å². The highest BCUT2D eigenvalue weighted by Gasteiger charge is 2.32. The average molecular weight is 227 g/mol. The zero-order valence-corrected chi connectivity index (χ0v) is 9.91. The summed E-state index contributed by atoms with van der Waals surface area (Å²) < 4.78 is 10.6. The van der Waals surface area contributed by atoms with Crippen LogP contribution in [0.5, 0.6) is 0 Å². The van der Waals surface area contributed by atoms with Gasteiger partial charge in [0, 0.05) is 12.6 Å². The highest BCUT2D eigenvalue weighted by molar-refractivity contribution is 5.69. The Labute approximate surface area is 96.7 Å². The zero-order chi connectivity index (χ0) is 11.4. The molecule has 1 saturated heterocycles. The maximum atomic E-state index is 11.2. The lowest BCUT2D eigenvalue weighted by Crippen LogP contribution is -2.52. The Morgan fingerprint density at radius 2 is 2.19 bits per heavy atom. The first-order valence-corrected chi connectivity index (χ1v) is 6.25. The molecule has 0 bridgehead atoms. The van der Waals surface area contributed by atoms with Crippen molar-refractivity contribution in [3.63, 3.8) is 0 Å². The van der Waals surface area contributed by atoms with Gasteiger partial charge in [-0.25, -0.2) is 0 Å². The van der Waals surface area contributed by atoms with Crippen molar-refractivity contribution in [3.8, 4) is 0 Å². The SMILES string of the molecule is COC(=O)CC1CNC2CCCCCC2O1. The van der Waals surface area contributed by atoms with E-state index in [9.17, 15) is 4.79 Å². The van der Waals surface area contributed by atoms with Crippen molar-refractivity contribution in [2.75, 3.05) is 13.7 Å². The molecule has 2 fully saturated rings. The molecule has 1 heterocycles. The first kappa shape index (κ1) is 11.9. The Morgan fingerprint density at radius 1 is 1.38 bits per heavy atom. The number of carbonyl (C=O) groups is 1. The molecule has 1 aliphatic carbocycles. The van der Waals surface area contributed by atoms with Crippen molar-refractivity contribution in [2.45, 2.75) is 56.8 Å². The molecule has 92 valence electrons. The van der Waals surface area contributed by atoms with Gasteiger partial charge in [-0.3, -0.25) is 4.79 Å². The van der Waals surface area contributed by atoms with E-state index in [4.69, 9.17) is 4.74 Å². The van der Waals surface area contributed by atoms with Gasteiger partial charge in [-0.15, -0.1) is 0 Å². The summed E-state index contributed by atoms with van der Waals surface area (Å²) in [6.45, 7) is 0.774. The van der Waals surface area contributed by atoms with Gasteiger partial charge in [-0.2, -0.15) is 0 Å².